The zero-order valence-electron chi connectivity index (χ0n) is 22.2. The van der Waals surface area contributed by atoms with Crippen molar-refractivity contribution in [1.29, 1.82) is 0 Å². The standard InChI is InChI=1S/C30H35N5O3/c1-19(2)16-25(34(4)27(36)24-15-14-22(32-24)20-10-6-5-7-11-20)28(37)35-18-30(17-26(35)31-3)21-12-8-9-13-23(21)33-29(30)38/h5-13,19,22,24-26,32H,14-18H2,1-2,4H3,(H,33,38)/t22-,24+,25+,26+,30+/m1/s1. The Morgan fingerprint density at radius 3 is 2.55 bits per heavy atom. The molecule has 2 saturated heterocycles. The highest BCUT2D eigenvalue weighted by Crippen LogP contribution is 2.47. The molecule has 0 saturated carbocycles. The lowest BCUT2D eigenvalue weighted by molar-refractivity contribution is -0.146. The highest BCUT2D eigenvalue weighted by Gasteiger charge is 2.59. The number of likely N-dealkylation sites (N-methyl/N-ethyl adjacent to an activating group) is 1. The first-order valence-electron chi connectivity index (χ1n) is 13.4. The normalized spacial score (nSPS) is 26.8. The van der Waals surface area contributed by atoms with Crippen LogP contribution in [-0.2, 0) is 19.8 Å². The van der Waals surface area contributed by atoms with Gasteiger partial charge in [-0.15, -0.1) is 0 Å². The molecule has 0 radical (unpaired) electrons. The molecule has 8 nitrogen and oxygen atoms in total. The van der Waals surface area contributed by atoms with Crippen LogP contribution in [0.1, 0.15) is 56.7 Å². The second-order valence-electron chi connectivity index (χ2n) is 11.2. The van der Waals surface area contributed by atoms with Crippen molar-refractivity contribution in [2.75, 3.05) is 18.9 Å². The minimum Gasteiger partial charge on any atom is -0.332 e. The van der Waals surface area contributed by atoms with Gasteiger partial charge in [-0.3, -0.25) is 29.4 Å². The number of fused-ring (bicyclic) bond motifs is 2. The number of hydrogen-bond acceptors (Lipinski definition) is 4. The fourth-order valence-electron chi connectivity index (χ4n) is 6.30. The smallest absolute Gasteiger partial charge is 0.302 e. The van der Waals surface area contributed by atoms with Gasteiger partial charge in [0.15, 0.2) is 0 Å². The van der Waals surface area contributed by atoms with E-state index < -0.39 is 17.6 Å². The van der Waals surface area contributed by atoms with Gasteiger partial charge in [-0.25, -0.2) is 6.57 Å². The summed E-state index contributed by atoms with van der Waals surface area (Å²) in [5, 5.41) is 6.40. The molecule has 2 aromatic rings. The van der Waals surface area contributed by atoms with Gasteiger partial charge >= 0.3 is 6.17 Å². The third kappa shape index (κ3) is 4.45. The molecule has 3 amide bonds. The molecule has 38 heavy (non-hydrogen) atoms. The first-order chi connectivity index (χ1) is 18.2. The van der Waals surface area contributed by atoms with Gasteiger partial charge in [0.1, 0.15) is 11.5 Å². The number of nitrogens with one attached hydrogen (secondary N) is 2. The van der Waals surface area contributed by atoms with Gasteiger partial charge in [0.2, 0.25) is 11.8 Å². The van der Waals surface area contributed by atoms with Gasteiger partial charge in [0, 0.05) is 25.3 Å². The lowest BCUT2D eigenvalue weighted by atomic mass is 9.80. The van der Waals surface area contributed by atoms with E-state index in [0.29, 0.717) is 12.8 Å². The molecule has 3 heterocycles. The lowest BCUT2D eigenvalue weighted by Gasteiger charge is -2.33. The van der Waals surface area contributed by atoms with Crippen molar-refractivity contribution in [2.45, 2.75) is 69.2 Å². The summed E-state index contributed by atoms with van der Waals surface area (Å²) in [6, 6.07) is 16.6. The van der Waals surface area contributed by atoms with Crippen molar-refractivity contribution in [3.05, 3.63) is 77.1 Å². The lowest BCUT2D eigenvalue weighted by Crippen LogP contribution is -2.54. The largest absolute Gasteiger partial charge is 0.332 e. The van der Waals surface area contributed by atoms with E-state index in [-0.39, 0.29) is 48.7 Å². The van der Waals surface area contributed by atoms with E-state index in [4.69, 9.17) is 6.57 Å². The molecule has 0 aliphatic carbocycles. The quantitative estimate of drug-likeness (QED) is 0.577. The molecule has 3 aliphatic rings. The first kappa shape index (κ1) is 25.9. The van der Waals surface area contributed by atoms with Crippen LogP contribution in [0.5, 0.6) is 0 Å². The van der Waals surface area contributed by atoms with Gasteiger partial charge in [0.05, 0.1) is 12.5 Å². The number of benzene rings is 2. The molecule has 0 aromatic heterocycles. The maximum atomic E-state index is 14.1. The number of amides is 3. The minimum atomic E-state index is -0.942. The number of rotatable bonds is 6. The number of para-hydroxylation sites is 1. The maximum absolute atomic E-state index is 14.1. The van der Waals surface area contributed by atoms with Gasteiger partial charge in [0.25, 0.3) is 5.91 Å². The van der Waals surface area contributed by atoms with E-state index in [1.807, 2.05) is 56.3 Å². The zero-order valence-corrected chi connectivity index (χ0v) is 22.2. The van der Waals surface area contributed by atoms with Crippen LogP contribution < -0.4 is 10.6 Å². The second kappa shape index (κ2) is 10.2. The number of carbonyl (C=O) groups excluding carboxylic acids is 3. The van der Waals surface area contributed by atoms with Crippen molar-refractivity contribution in [3.63, 3.8) is 0 Å². The molecule has 0 bridgehead atoms. The fourth-order valence-corrected chi connectivity index (χ4v) is 6.30. The highest BCUT2D eigenvalue weighted by atomic mass is 16.2. The predicted molar refractivity (Wildman–Crippen MR) is 145 cm³/mol. The number of nitrogens with zero attached hydrogens (tertiary/aromatic N) is 3. The zero-order chi connectivity index (χ0) is 27.0. The molecule has 8 heteroatoms. The summed E-state index contributed by atoms with van der Waals surface area (Å²) in [4.78, 5) is 47.8. The summed E-state index contributed by atoms with van der Waals surface area (Å²) in [7, 11) is 1.70. The van der Waals surface area contributed by atoms with E-state index in [2.05, 4.69) is 27.6 Å². The summed E-state index contributed by atoms with van der Waals surface area (Å²) in [5.41, 5.74) is 1.78. The SMILES string of the molecule is [C-]#[N+][C@@H]1C[C@@]2(CN1C(=O)[C@H](CC(C)C)N(C)C(=O)[C@@H]1CC[C@H](c3ccccc3)N1)C(=O)Nc1ccccc12. The Hall–Kier alpha value is -3.70. The molecule has 1 spiro atoms. The van der Waals surface area contributed by atoms with Crippen LogP contribution in [0.4, 0.5) is 5.69 Å². The van der Waals surface area contributed by atoms with Crippen LogP contribution in [0.25, 0.3) is 4.85 Å². The third-order valence-corrected chi connectivity index (χ3v) is 8.33. The summed E-state index contributed by atoms with van der Waals surface area (Å²) in [5.74, 6) is -0.386. The van der Waals surface area contributed by atoms with E-state index >= 15 is 0 Å². The molecule has 5 atom stereocenters. The Morgan fingerprint density at radius 1 is 1.13 bits per heavy atom. The first-order valence-corrected chi connectivity index (χ1v) is 13.4. The van der Waals surface area contributed by atoms with E-state index in [9.17, 15) is 14.4 Å². The molecule has 2 aromatic carbocycles. The van der Waals surface area contributed by atoms with Crippen molar-refractivity contribution in [2.24, 2.45) is 5.92 Å². The number of anilines is 1. The van der Waals surface area contributed by atoms with Crippen molar-refractivity contribution < 1.29 is 14.4 Å². The summed E-state index contributed by atoms with van der Waals surface area (Å²) < 4.78 is 0. The Bertz CT molecular complexity index is 1270. The van der Waals surface area contributed by atoms with Crippen molar-refractivity contribution in [1.82, 2.24) is 15.1 Å². The van der Waals surface area contributed by atoms with Crippen LogP contribution in [-0.4, -0.2) is 59.4 Å². The van der Waals surface area contributed by atoms with Gasteiger partial charge < -0.3 is 10.2 Å². The Kier molecular flexibility index (Phi) is 6.97. The van der Waals surface area contributed by atoms with Crippen LogP contribution in [0.15, 0.2) is 54.6 Å². The fraction of sp³-hybridized carbons (Fsp3) is 0.467. The Morgan fingerprint density at radius 2 is 1.84 bits per heavy atom. The van der Waals surface area contributed by atoms with Gasteiger partial charge in [-0.2, -0.15) is 0 Å². The van der Waals surface area contributed by atoms with Crippen molar-refractivity contribution in [3.8, 4) is 0 Å². The average Bonchev–Trinajstić information content (AvgIpc) is 3.64. The van der Waals surface area contributed by atoms with Crippen LogP contribution in [0, 0.1) is 12.5 Å². The van der Waals surface area contributed by atoms with Gasteiger partial charge in [-0.05, 0) is 42.4 Å². The minimum absolute atomic E-state index is 0.101. The molecule has 2 fully saturated rings. The molecular formula is C30H35N5O3. The van der Waals surface area contributed by atoms with Crippen LogP contribution >= 0.6 is 0 Å². The highest BCUT2D eigenvalue weighted by molar-refractivity contribution is 6.07. The Labute approximate surface area is 224 Å². The molecule has 0 unspecified atom stereocenters. The summed E-state index contributed by atoms with van der Waals surface area (Å²) in [6.07, 6.45) is 1.51. The topological polar surface area (TPSA) is 86.1 Å². The number of carbonyl (C=O) groups is 3. The van der Waals surface area contributed by atoms with Crippen LogP contribution in [0.2, 0.25) is 0 Å². The van der Waals surface area contributed by atoms with E-state index in [1.165, 1.54) is 0 Å². The molecule has 198 valence electrons. The Balaban J connectivity index is 1.36. The predicted octanol–water partition coefficient (Wildman–Crippen LogP) is 3.72. The second-order valence-corrected chi connectivity index (χ2v) is 11.2. The molecular weight excluding hydrogens is 478 g/mol. The maximum Gasteiger partial charge on any atom is 0.302 e. The molecule has 3 aliphatic heterocycles. The summed E-state index contributed by atoms with van der Waals surface area (Å²) >= 11 is 0. The van der Waals surface area contributed by atoms with Crippen LogP contribution in [0.3, 0.4) is 0 Å². The summed E-state index contributed by atoms with van der Waals surface area (Å²) in [6.45, 7) is 12.0. The number of likely N-dealkylation sites (tertiary alicyclic amines) is 1. The van der Waals surface area contributed by atoms with Gasteiger partial charge in [-0.1, -0.05) is 62.4 Å². The van der Waals surface area contributed by atoms with E-state index in [0.717, 1.165) is 23.2 Å². The molecule has 2 N–H and O–H groups in total. The third-order valence-electron chi connectivity index (χ3n) is 8.33. The molecule has 5 rings (SSSR count). The average molecular weight is 514 g/mol. The van der Waals surface area contributed by atoms with E-state index in [1.54, 1.807) is 16.8 Å². The monoisotopic (exact) mass is 513 g/mol. The van der Waals surface area contributed by atoms with Crippen molar-refractivity contribution >= 4 is 23.4 Å². The number of hydrogen-bond donors (Lipinski definition) is 2.